The number of fused-ring (bicyclic) bond motifs is 1. The van der Waals surface area contributed by atoms with Crippen molar-refractivity contribution >= 4 is 35.1 Å². The maximum Gasteiger partial charge on any atom is 0.409 e. The zero-order valence-electron chi connectivity index (χ0n) is 20.0. The fourth-order valence-corrected chi connectivity index (χ4v) is 5.47. The standard InChI is InChI=1S/C27H24ClF2N3O3S/c1-35-27(34)32-9-10-36-19(15-32)12-23-26(31-24-11-18(28)7-8-33(23)24)25-21(29)13-20(14-22(25)30)37-16-17-5-3-2-4-6-17/h2-8,11,13-14,19H,9-10,12,15-16H2,1H3/t19-/m0/s1. The number of imidazole rings is 1. The average Bonchev–Trinajstić information content (AvgIpc) is 3.23. The summed E-state index contributed by atoms with van der Waals surface area (Å²) in [6.07, 6.45) is 1.13. The molecular weight excluding hydrogens is 520 g/mol. The number of amides is 1. The molecule has 0 aliphatic carbocycles. The number of aromatic nitrogens is 2. The number of carbonyl (C=O) groups is 1. The van der Waals surface area contributed by atoms with Crippen molar-refractivity contribution in [2.24, 2.45) is 0 Å². The number of benzene rings is 2. The van der Waals surface area contributed by atoms with Gasteiger partial charge in [0.15, 0.2) is 0 Å². The zero-order chi connectivity index (χ0) is 25.9. The highest BCUT2D eigenvalue weighted by Crippen LogP contribution is 2.35. The van der Waals surface area contributed by atoms with E-state index in [1.165, 1.54) is 31.0 Å². The second-order valence-corrected chi connectivity index (χ2v) is 10.1. The number of hydrogen-bond donors (Lipinski definition) is 0. The summed E-state index contributed by atoms with van der Waals surface area (Å²) in [4.78, 5) is 18.6. The molecule has 10 heteroatoms. The highest BCUT2D eigenvalue weighted by molar-refractivity contribution is 7.98. The summed E-state index contributed by atoms with van der Waals surface area (Å²) in [6.45, 7) is 1.02. The summed E-state index contributed by atoms with van der Waals surface area (Å²) < 4.78 is 43.4. The number of methoxy groups -OCH3 is 1. The maximum atomic E-state index is 15.5. The smallest absolute Gasteiger partial charge is 0.409 e. The predicted octanol–water partition coefficient (Wildman–Crippen LogP) is 6.23. The molecule has 0 saturated carbocycles. The SMILES string of the molecule is COC(=O)N1CCO[C@@H](Cc2c(-c3c(F)cc(SCc4ccccc4)cc3F)nc3cc(Cl)ccn23)C1. The molecule has 1 fully saturated rings. The molecule has 6 nitrogen and oxygen atoms in total. The Morgan fingerprint density at radius 3 is 2.68 bits per heavy atom. The Morgan fingerprint density at radius 2 is 1.95 bits per heavy atom. The molecule has 37 heavy (non-hydrogen) atoms. The Morgan fingerprint density at radius 1 is 1.19 bits per heavy atom. The van der Waals surface area contributed by atoms with Crippen molar-refractivity contribution in [2.45, 2.75) is 23.2 Å². The Kier molecular flexibility index (Phi) is 7.64. The summed E-state index contributed by atoms with van der Waals surface area (Å²) in [5.41, 5.74) is 2.05. The number of pyridine rings is 1. The molecule has 1 amide bonds. The average molecular weight is 544 g/mol. The predicted molar refractivity (Wildman–Crippen MR) is 139 cm³/mol. The normalized spacial score (nSPS) is 15.8. The topological polar surface area (TPSA) is 56.1 Å². The van der Waals surface area contributed by atoms with Crippen LogP contribution in [0.3, 0.4) is 0 Å². The van der Waals surface area contributed by atoms with Crippen LogP contribution in [-0.4, -0.2) is 53.3 Å². The van der Waals surface area contributed by atoms with Gasteiger partial charge in [0, 0.05) is 40.9 Å². The van der Waals surface area contributed by atoms with Gasteiger partial charge in [-0.05, 0) is 23.8 Å². The van der Waals surface area contributed by atoms with Gasteiger partial charge in [0.2, 0.25) is 0 Å². The second kappa shape index (κ2) is 11.1. The van der Waals surface area contributed by atoms with Gasteiger partial charge in [0.05, 0.1) is 43.3 Å². The van der Waals surface area contributed by atoms with E-state index in [1.807, 2.05) is 30.3 Å². The minimum Gasteiger partial charge on any atom is -0.453 e. The molecule has 0 radical (unpaired) electrons. The van der Waals surface area contributed by atoms with Gasteiger partial charge in [-0.25, -0.2) is 18.6 Å². The van der Waals surface area contributed by atoms with E-state index in [2.05, 4.69) is 4.98 Å². The van der Waals surface area contributed by atoms with Crippen LogP contribution in [0.2, 0.25) is 5.02 Å². The highest BCUT2D eigenvalue weighted by atomic mass is 35.5. The van der Waals surface area contributed by atoms with Crippen LogP contribution >= 0.6 is 23.4 Å². The quantitative estimate of drug-likeness (QED) is 0.270. The second-order valence-electron chi connectivity index (χ2n) is 8.63. The van der Waals surface area contributed by atoms with E-state index in [9.17, 15) is 4.79 Å². The number of thioether (sulfide) groups is 1. The van der Waals surface area contributed by atoms with Crippen LogP contribution < -0.4 is 0 Å². The number of halogens is 3. The lowest BCUT2D eigenvalue weighted by Crippen LogP contribution is -2.46. The molecule has 192 valence electrons. The van der Waals surface area contributed by atoms with E-state index in [4.69, 9.17) is 21.1 Å². The van der Waals surface area contributed by atoms with Crippen molar-refractivity contribution in [3.05, 3.63) is 88.7 Å². The lowest BCUT2D eigenvalue weighted by molar-refractivity contribution is -0.0241. The van der Waals surface area contributed by atoms with Gasteiger partial charge in [0.25, 0.3) is 0 Å². The minimum atomic E-state index is -0.702. The molecule has 3 heterocycles. The van der Waals surface area contributed by atoms with Crippen molar-refractivity contribution in [2.75, 3.05) is 26.8 Å². The lowest BCUT2D eigenvalue weighted by Gasteiger charge is -2.32. The molecule has 1 aliphatic rings. The third-order valence-corrected chi connectivity index (χ3v) is 7.46. The van der Waals surface area contributed by atoms with Crippen LogP contribution in [0.4, 0.5) is 13.6 Å². The van der Waals surface area contributed by atoms with Gasteiger partial charge < -0.3 is 18.8 Å². The van der Waals surface area contributed by atoms with Crippen molar-refractivity contribution in [3.8, 4) is 11.3 Å². The van der Waals surface area contributed by atoms with Gasteiger partial charge in [0.1, 0.15) is 17.3 Å². The first-order chi connectivity index (χ1) is 17.9. The van der Waals surface area contributed by atoms with Gasteiger partial charge >= 0.3 is 6.09 Å². The lowest BCUT2D eigenvalue weighted by atomic mass is 10.0. The Balaban J connectivity index is 1.49. The number of morpholine rings is 1. The third kappa shape index (κ3) is 5.58. The number of nitrogens with zero attached hydrogens (tertiary/aromatic N) is 3. The van der Waals surface area contributed by atoms with Crippen LogP contribution in [0.25, 0.3) is 16.9 Å². The maximum absolute atomic E-state index is 15.5. The molecule has 0 unspecified atom stereocenters. The van der Waals surface area contributed by atoms with E-state index in [0.29, 0.717) is 40.2 Å². The van der Waals surface area contributed by atoms with E-state index < -0.39 is 23.8 Å². The first kappa shape index (κ1) is 25.5. The van der Waals surface area contributed by atoms with E-state index in [1.54, 1.807) is 27.6 Å². The molecule has 5 rings (SSSR count). The van der Waals surface area contributed by atoms with Gasteiger partial charge in [-0.3, -0.25) is 0 Å². The molecule has 2 aromatic carbocycles. The molecule has 0 bridgehead atoms. The van der Waals surface area contributed by atoms with Crippen LogP contribution in [0.1, 0.15) is 11.3 Å². The highest BCUT2D eigenvalue weighted by Gasteiger charge is 2.29. The Hall–Kier alpha value is -3.14. The van der Waals surface area contributed by atoms with Crippen molar-refractivity contribution in [1.29, 1.82) is 0 Å². The number of carbonyl (C=O) groups excluding carboxylic acids is 1. The number of hydrogen-bond acceptors (Lipinski definition) is 5. The molecule has 0 N–H and O–H groups in total. The minimum absolute atomic E-state index is 0.177. The van der Waals surface area contributed by atoms with Crippen LogP contribution in [0.15, 0.2) is 65.7 Å². The third-order valence-electron chi connectivity index (χ3n) is 6.18. The monoisotopic (exact) mass is 543 g/mol. The number of ether oxygens (including phenoxy) is 2. The number of rotatable bonds is 6. The van der Waals surface area contributed by atoms with E-state index in [0.717, 1.165) is 5.56 Å². The molecule has 0 spiro atoms. The molecule has 1 aliphatic heterocycles. The summed E-state index contributed by atoms with van der Waals surface area (Å²) in [7, 11) is 1.33. The summed E-state index contributed by atoms with van der Waals surface area (Å²) in [5.74, 6) is -0.813. The summed E-state index contributed by atoms with van der Waals surface area (Å²) in [5, 5.41) is 0.454. The van der Waals surface area contributed by atoms with Crippen LogP contribution in [-0.2, 0) is 21.6 Å². The molecule has 1 atom stereocenters. The van der Waals surface area contributed by atoms with Crippen LogP contribution in [0.5, 0.6) is 0 Å². The van der Waals surface area contributed by atoms with E-state index >= 15 is 8.78 Å². The summed E-state index contributed by atoms with van der Waals surface area (Å²) >= 11 is 7.53. The largest absolute Gasteiger partial charge is 0.453 e. The summed E-state index contributed by atoms with van der Waals surface area (Å²) in [6, 6.07) is 15.7. The molecular formula is C27H24ClF2N3O3S. The van der Waals surface area contributed by atoms with Gasteiger partial charge in [-0.1, -0.05) is 41.9 Å². The van der Waals surface area contributed by atoms with Crippen molar-refractivity contribution in [3.63, 3.8) is 0 Å². The Labute approximate surface area is 222 Å². The van der Waals surface area contributed by atoms with E-state index in [-0.39, 0.29) is 24.2 Å². The molecule has 2 aromatic heterocycles. The fourth-order valence-electron chi connectivity index (χ4n) is 4.42. The first-order valence-electron chi connectivity index (χ1n) is 11.7. The van der Waals surface area contributed by atoms with Crippen molar-refractivity contribution < 1.29 is 23.0 Å². The molecule has 1 saturated heterocycles. The van der Waals surface area contributed by atoms with Crippen LogP contribution in [0, 0.1) is 11.6 Å². The Bertz CT molecular complexity index is 1410. The van der Waals surface area contributed by atoms with Crippen molar-refractivity contribution in [1.82, 2.24) is 14.3 Å². The first-order valence-corrected chi connectivity index (χ1v) is 13.1. The van der Waals surface area contributed by atoms with Gasteiger partial charge in [-0.2, -0.15) is 0 Å². The zero-order valence-corrected chi connectivity index (χ0v) is 21.6. The van der Waals surface area contributed by atoms with Gasteiger partial charge in [-0.15, -0.1) is 11.8 Å². The fraction of sp³-hybridized carbons (Fsp3) is 0.259. The molecule has 4 aromatic rings.